The summed E-state index contributed by atoms with van der Waals surface area (Å²) >= 11 is 0. The van der Waals surface area contributed by atoms with Crippen molar-refractivity contribution in [3.63, 3.8) is 0 Å². The average Bonchev–Trinajstić information content (AvgIpc) is 2.97. The predicted octanol–water partition coefficient (Wildman–Crippen LogP) is 3.30. The zero-order valence-electron chi connectivity index (χ0n) is 10.8. The summed E-state index contributed by atoms with van der Waals surface area (Å²) in [4.78, 5) is 3.44. The Balaban J connectivity index is 2.20. The molecule has 2 N–H and O–H groups in total. The van der Waals surface area contributed by atoms with E-state index in [1.54, 1.807) is 0 Å². The van der Waals surface area contributed by atoms with Crippen LogP contribution in [-0.4, -0.2) is 24.4 Å². The van der Waals surface area contributed by atoms with Crippen LogP contribution in [0.1, 0.15) is 24.5 Å². The number of nitrogens with one attached hydrogen (secondary N) is 2. The van der Waals surface area contributed by atoms with Crippen molar-refractivity contribution >= 4 is 25.4 Å². The normalized spacial score (nSPS) is 24.1. The molecule has 0 spiro atoms. The van der Waals surface area contributed by atoms with E-state index < -0.39 is 0 Å². The molecule has 0 radical (unpaired) electrons. The van der Waals surface area contributed by atoms with E-state index in [2.05, 4.69) is 47.9 Å². The predicted molar refractivity (Wildman–Crippen MR) is 80.9 cm³/mol. The summed E-state index contributed by atoms with van der Waals surface area (Å²) in [6.45, 7) is 4.57. The Morgan fingerprint density at radius 2 is 2.33 bits per heavy atom. The van der Waals surface area contributed by atoms with Gasteiger partial charge in [-0.25, -0.2) is 0 Å². The van der Waals surface area contributed by atoms with E-state index in [9.17, 15) is 0 Å². The molecule has 1 saturated heterocycles. The fourth-order valence-electron chi connectivity index (χ4n) is 3.04. The summed E-state index contributed by atoms with van der Waals surface area (Å²) < 4.78 is 0. The summed E-state index contributed by atoms with van der Waals surface area (Å²) in [5.41, 5.74) is 4.43. The highest BCUT2D eigenvalue weighted by molar-refractivity contribution is 7.35. The van der Waals surface area contributed by atoms with Crippen molar-refractivity contribution in [1.29, 1.82) is 0 Å². The number of aromatic nitrogens is 1. The first kappa shape index (κ1) is 12.0. The Hall–Kier alpha value is -1.11. The van der Waals surface area contributed by atoms with E-state index in [0.29, 0.717) is 0 Å². The Morgan fingerprint density at radius 1 is 1.44 bits per heavy atom. The molecule has 1 fully saturated rings. The minimum atomic E-state index is 0.270. The molecule has 2 heterocycles. The number of hydrogen-bond acceptors (Lipinski definition) is 1. The fourth-order valence-corrected chi connectivity index (χ4v) is 3.54. The molecule has 1 aromatic carbocycles. The minimum absolute atomic E-state index is 0.270. The van der Waals surface area contributed by atoms with Crippen molar-refractivity contribution in [2.45, 2.75) is 24.9 Å². The number of rotatable bonds is 3. The molecule has 0 bridgehead atoms. The van der Waals surface area contributed by atoms with E-state index in [1.807, 2.05) is 0 Å². The monoisotopic (exact) mass is 258 g/mol. The summed E-state index contributed by atoms with van der Waals surface area (Å²) in [7, 11) is 1.19. The molecule has 94 valence electrons. The Kier molecular flexibility index (Phi) is 3.01. The van der Waals surface area contributed by atoms with Crippen molar-refractivity contribution < 1.29 is 0 Å². The van der Waals surface area contributed by atoms with Gasteiger partial charge < -0.3 is 10.3 Å². The summed E-state index contributed by atoms with van der Waals surface area (Å²) in [5, 5.41) is 4.92. The van der Waals surface area contributed by atoms with Crippen LogP contribution in [0.2, 0.25) is 0 Å². The Morgan fingerprint density at radius 3 is 3.06 bits per heavy atom. The summed E-state index contributed by atoms with van der Waals surface area (Å²) in [6, 6.07) is 6.55. The Labute approximate surface area is 110 Å². The minimum Gasteiger partial charge on any atom is -0.361 e. The van der Waals surface area contributed by atoms with Crippen LogP contribution in [0, 0.1) is 0 Å². The quantitative estimate of drug-likeness (QED) is 0.812. The molecule has 2 nitrogen and oxygen atoms in total. The zero-order chi connectivity index (χ0) is 12.6. The maximum absolute atomic E-state index is 3.97. The van der Waals surface area contributed by atoms with Crippen LogP contribution in [0.4, 0.5) is 0 Å². The van der Waals surface area contributed by atoms with Gasteiger partial charge in [-0.2, -0.15) is 0 Å². The van der Waals surface area contributed by atoms with E-state index >= 15 is 0 Å². The van der Waals surface area contributed by atoms with Gasteiger partial charge in [-0.15, -0.1) is 8.20 Å². The SMILES string of the molecule is C=PCc1cccc2[nH]cc(C3(C)CCNC3)c12. The van der Waals surface area contributed by atoms with E-state index in [1.165, 1.54) is 36.7 Å². The van der Waals surface area contributed by atoms with Crippen molar-refractivity contribution in [3.8, 4) is 0 Å². The molecule has 1 atom stereocenters. The van der Waals surface area contributed by atoms with Gasteiger partial charge in [0.1, 0.15) is 0 Å². The Bertz CT molecular complexity index is 579. The first-order valence-electron chi connectivity index (χ1n) is 6.47. The molecule has 1 aromatic heterocycles. The molecule has 0 aliphatic carbocycles. The molecule has 1 aliphatic rings. The van der Waals surface area contributed by atoms with Gasteiger partial charge >= 0.3 is 0 Å². The maximum Gasteiger partial charge on any atom is 0.0460 e. The third-order valence-electron chi connectivity index (χ3n) is 4.09. The lowest BCUT2D eigenvalue weighted by atomic mass is 9.81. The van der Waals surface area contributed by atoms with E-state index in [4.69, 9.17) is 0 Å². The van der Waals surface area contributed by atoms with Crippen LogP contribution < -0.4 is 5.32 Å². The molecule has 0 amide bonds. The van der Waals surface area contributed by atoms with Crippen molar-refractivity contribution in [3.05, 3.63) is 35.5 Å². The van der Waals surface area contributed by atoms with Crippen molar-refractivity contribution in [2.75, 3.05) is 13.1 Å². The van der Waals surface area contributed by atoms with Gasteiger partial charge in [0.05, 0.1) is 0 Å². The number of aromatic amines is 1. The van der Waals surface area contributed by atoms with Crippen LogP contribution in [0.25, 0.3) is 10.9 Å². The molecule has 18 heavy (non-hydrogen) atoms. The second-order valence-corrected chi connectivity index (χ2v) is 6.17. The van der Waals surface area contributed by atoms with E-state index in [0.717, 1.165) is 19.3 Å². The first-order chi connectivity index (χ1) is 8.74. The van der Waals surface area contributed by atoms with Crippen molar-refractivity contribution in [1.82, 2.24) is 10.3 Å². The van der Waals surface area contributed by atoms with Gasteiger partial charge in [0.25, 0.3) is 0 Å². The van der Waals surface area contributed by atoms with Crippen molar-refractivity contribution in [2.24, 2.45) is 0 Å². The highest BCUT2D eigenvalue weighted by atomic mass is 31.1. The van der Waals surface area contributed by atoms with Gasteiger partial charge in [-0.05, 0) is 30.2 Å². The first-order valence-corrected chi connectivity index (χ1v) is 7.74. The topological polar surface area (TPSA) is 27.8 Å². The molecular formula is C15H19N2P. The fraction of sp³-hybridized carbons (Fsp3) is 0.400. The number of fused-ring (bicyclic) bond motifs is 1. The van der Waals surface area contributed by atoms with Gasteiger partial charge in [-0.3, -0.25) is 0 Å². The maximum atomic E-state index is 3.97. The number of hydrogen-bond donors (Lipinski definition) is 2. The molecular weight excluding hydrogens is 239 g/mol. The van der Waals surface area contributed by atoms with Gasteiger partial charge in [-0.1, -0.05) is 25.4 Å². The van der Waals surface area contributed by atoms with Crippen LogP contribution in [0.3, 0.4) is 0 Å². The standard InChI is InChI=1S/C15H19N2P/c1-15(6-7-16-10-15)12-8-17-13-5-3-4-11(9-18-2)14(12)13/h3-5,8,16-17H,2,6-7,9-10H2,1H3. The summed E-state index contributed by atoms with van der Waals surface area (Å²) in [6.07, 6.45) is 8.43. The molecule has 3 heteroatoms. The largest absolute Gasteiger partial charge is 0.361 e. The van der Waals surface area contributed by atoms with Crippen LogP contribution in [-0.2, 0) is 11.6 Å². The van der Waals surface area contributed by atoms with Crippen LogP contribution in [0.15, 0.2) is 24.4 Å². The molecule has 1 aliphatic heterocycles. The molecule has 1 unspecified atom stereocenters. The highest BCUT2D eigenvalue weighted by Crippen LogP contribution is 2.37. The van der Waals surface area contributed by atoms with E-state index in [-0.39, 0.29) is 5.41 Å². The average molecular weight is 258 g/mol. The third-order valence-corrected chi connectivity index (χ3v) is 4.66. The van der Waals surface area contributed by atoms with Gasteiger partial charge in [0.15, 0.2) is 0 Å². The second-order valence-electron chi connectivity index (χ2n) is 5.41. The molecule has 0 saturated carbocycles. The lowest BCUT2D eigenvalue weighted by Crippen LogP contribution is -2.24. The lowest BCUT2D eigenvalue weighted by Gasteiger charge is -2.23. The smallest absolute Gasteiger partial charge is 0.0460 e. The zero-order valence-corrected chi connectivity index (χ0v) is 11.7. The third kappa shape index (κ3) is 1.81. The second kappa shape index (κ2) is 4.53. The number of H-pyrrole nitrogens is 1. The lowest BCUT2D eigenvalue weighted by molar-refractivity contribution is 0.529. The number of benzene rings is 1. The summed E-state index contributed by atoms with van der Waals surface area (Å²) in [5.74, 6) is 0. The van der Waals surface area contributed by atoms with Crippen LogP contribution in [0.5, 0.6) is 0 Å². The van der Waals surface area contributed by atoms with Crippen LogP contribution >= 0.6 is 8.20 Å². The molecule has 2 aromatic rings. The van der Waals surface area contributed by atoms with Gasteiger partial charge in [0, 0.05) is 35.2 Å². The van der Waals surface area contributed by atoms with Gasteiger partial charge in [0.2, 0.25) is 0 Å². The molecule has 3 rings (SSSR count). The highest BCUT2D eigenvalue weighted by Gasteiger charge is 2.33.